The quantitative estimate of drug-likeness (QED) is 0.153. The Bertz CT molecular complexity index is 1470. The van der Waals surface area contributed by atoms with Crippen LogP contribution < -0.4 is 14.1 Å². The average Bonchev–Trinajstić information content (AvgIpc) is 2.93. The zero-order valence-electron chi connectivity index (χ0n) is 21.2. The van der Waals surface area contributed by atoms with Crippen molar-refractivity contribution in [2.45, 2.75) is 25.9 Å². The van der Waals surface area contributed by atoms with Crippen LogP contribution in [0, 0.1) is 0 Å². The van der Waals surface area contributed by atoms with Crippen LogP contribution in [0.4, 0.5) is 0 Å². The van der Waals surface area contributed by atoms with Gasteiger partial charge in [0, 0.05) is 0 Å². The van der Waals surface area contributed by atoms with Gasteiger partial charge in [-0.1, -0.05) is 0 Å². The standard InChI is InChI=1S/C34H32SeSi/c1-26(2)36(3,33(28-17-9-5-10-18-28)25-27-15-7-4-8-16-27)32-24-14-20-29-19-13-23-31(34(29)32)35-30-21-11-6-12-22-30/h4-26H,1-3H3/b33-25+. The van der Waals surface area contributed by atoms with Gasteiger partial charge in [0.1, 0.15) is 0 Å². The van der Waals surface area contributed by atoms with Crippen molar-refractivity contribution in [3.63, 3.8) is 0 Å². The summed E-state index contributed by atoms with van der Waals surface area (Å²) in [5.74, 6) is 0. The van der Waals surface area contributed by atoms with Gasteiger partial charge in [0.25, 0.3) is 0 Å². The fourth-order valence-electron chi connectivity index (χ4n) is 5.07. The van der Waals surface area contributed by atoms with E-state index in [1.165, 1.54) is 36.0 Å². The van der Waals surface area contributed by atoms with Crippen LogP contribution in [-0.4, -0.2) is 23.0 Å². The zero-order chi connectivity index (χ0) is 25.0. The zero-order valence-corrected chi connectivity index (χ0v) is 23.9. The SMILES string of the molecule is CC(C)[Si](C)(/C(=C/c1ccccc1)c1ccccc1)c1cccc2cccc([Se]c3ccccc3)c12. The summed E-state index contributed by atoms with van der Waals surface area (Å²) in [4.78, 5) is 0. The van der Waals surface area contributed by atoms with Gasteiger partial charge in [-0.05, 0) is 0 Å². The van der Waals surface area contributed by atoms with Crippen molar-refractivity contribution < 1.29 is 0 Å². The van der Waals surface area contributed by atoms with Gasteiger partial charge >= 0.3 is 224 Å². The molecule has 0 saturated carbocycles. The van der Waals surface area contributed by atoms with Crippen molar-refractivity contribution in [2.75, 3.05) is 0 Å². The normalized spacial score (nSPS) is 13.6. The predicted octanol–water partition coefficient (Wildman–Crippen LogP) is 6.97. The summed E-state index contributed by atoms with van der Waals surface area (Å²) in [5.41, 5.74) is 3.13. The van der Waals surface area contributed by atoms with E-state index in [0.717, 1.165) is 0 Å². The maximum absolute atomic E-state index is 2.58. The van der Waals surface area contributed by atoms with E-state index in [9.17, 15) is 0 Å². The van der Waals surface area contributed by atoms with Crippen LogP contribution in [0.25, 0.3) is 22.0 Å². The van der Waals surface area contributed by atoms with Crippen molar-refractivity contribution in [3.05, 3.63) is 139 Å². The van der Waals surface area contributed by atoms with Crippen LogP contribution in [0.2, 0.25) is 12.1 Å². The molecule has 0 spiro atoms. The first-order chi connectivity index (χ1) is 17.6. The van der Waals surface area contributed by atoms with E-state index < -0.39 is 8.07 Å². The molecule has 1 atom stereocenters. The van der Waals surface area contributed by atoms with E-state index in [-0.39, 0.29) is 15.0 Å². The minimum absolute atomic E-state index is 0.249. The molecule has 0 radical (unpaired) electrons. The van der Waals surface area contributed by atoms with Crippen LogP contribution >= 0.6 is 0 Å². The maximum atomic E-state index is 2.58. The third kappa shape index (κ3) is 4.90. The van der Waals surface area contributed by atoms with E-state index in [4.69, 9.17) is 0 Å². The second-order valence-electron chi connectivity index (χ2n) is 9.77. The van der Waals surface area contributed by atoms with Crippen molar-refractivity contribution in [1.29, 1.82) is 0 Å². The van der Waals surface area contributed by atoms with E-state index in [2.05, 4.69) is 154 Å². The molecule has 0 amide bonds. The first-order valence-electron chi connectivity index (χ1n) is 12.6. The van der Waals surface area contributed by atoms with Gasteiger partial charge in [0.15, 0.2) is 0 Å². The van der Waals surface area contributed by atoms with Gasteiger partial charge < -0.3 is 0 Å². The molecule has 0 N–H and O–H groups in total. The fraction of sp³-hybridized carbons (Fsp3) is 0.118. The number of benzene rings is 5. The molecule has 0 nitrogen and oxygen atoms in total. The number of hydrogen-bond donors (Lipinski definition) is 0. The van der Waals surface area contributed by atoms with Crippen molar-refractivity contribution >= 4 is 59.2 Å². The molecule has 5 aromatic rings. The Morgan fingerprint density at radius 3 is 1.89 bits per heavy atom. The summed E-state index contributed by atoms with van der Waals surface area (Å²) in [6, 6.07) is 46.7. The number of hydrogen-bond acceptors (Lipinski definition) is 0. The molecule has 0 heterocycles. The monoisotopic (exact) mass is 548 g/mol. The van der Waals surface area contributed by atoms with Crippen molar-refractivity contribution in [2.24, 2.45) is 0 Å². The first-order valence-corrected chi connectivity index (χ1v) is 16.9. The summed E-state index contributed by atoms with van der Waals surface area (Å²) in [7, 11) is -2.20. The van der Waals surface area contributed by atoms with Gasteiger partial charge in [-0.3, -0.25) is 0 Å². The molecular weight excluding hydrogens is 515 g/mol. The third-order valence-corrected chi connectivity index (χ3v) is 14.9. The molecule has 0 aliphatic rings. The second kappa shape index (κ2) is 10.8. The molecule has 0 bridgehead atoms. The van der Waals surface area contributed by atoms with E-state index >= 15 is 0 Å². The Balaban J connectivity index is 1.78. The average molecular weight is 548 g/mol. The van der Waals surface area contributed by atoms with E-state index in [1.54, 1.807) is 5.19 Å². The van der Waals surface area contributed by atoms with Crippen molar-refractivity contribution in [1.82, 2.24) is 0 Å². The molecule has 36 heavy (non-hydrogen) atoms. The van der Waals surface area contributed by atoms with Gasteiger partial charge in [-0.25, -0.2) is 0 Å². The Morgan fingerprint density at radius 1 is 0.667 bits per heavy atom. The van der Waals surface area contributed by atoms with Gasteiger partial charge in [-0.15, -0.1) is 0 Å². The van der Waals surface area contributed by atoms with Crippen LogP contribution in [0.15, 0.2) is 127 Å². The van der Waals surface area contributed by atoms with Crippen LogP contribution in [-0.2, 0) is 0 Å². The molecule has 178 valence electrons. The minimum atomic E-state index is -2.20. The number of rotatable bonds is 7. The molecule has 0 saturated heterocycles. The molecule has 5 rings (SSSR count). The Morgan fingerprint density at radius 2 is 1.25 bits per heavy atom. The predicted molar refractivity (Wildman–Crippen MR) is 163 cm³/mol. The van der Waals surface area contributed by atoms with Crippen LogP contribution in [0.1, 0.15) is 25.0 Å². The third-order valence-electron chi connectivity index (χ3n) is 7.31. The molecule has 0 aromatic heterocycles. The summed E-state index contributed by atoms with van der Waals surface area (Å²) in [5, 5.41) is 5.88. The van der Waals surface area contributed by atoms with Gasteiger partial charge in [0.2, 0.25) is 0 Å². The Labute approximate surface area is 222 Å². The summed E-state index contributed by atoms with van der Waals surface area (Å²) >= 11 is 0.249. The molecular formula is C34H32SeSi. The van der Waals surface area contributed by atoms with Gasteiger partial charge in [0.05, 0.1) is 0 Å². The Kier molecular flexibility index (Phi) is 7.39. The van der Waals surface area contributed by atoms with Gasteiger partial charge in [-0.2, -0.15) is 0 Å². The van der Waals surface area contributed by atoms with E-state index in [0.29, 0.717) is 5.54 Å². The van der Waals surface area contributed by atoms with E-state index in [1.807, 2.05) is 0 Å². The second-order valence-corrected chi connectivity index (χ2v) is 16.7. The Hall–Kier alpha value is -3.16. The van der Waals surface area contributed by atoms with Crippen LogP contribution in [0.3, 0.4) is 0 Å². The van der Waals surface area contributed by atoms with Crippen LogP contribution in [0.5, 0.6) is 0 Å². The molecule has 1 unspecified atom stereocenters. The first kappa shape index (κ1) is 24.5. The van der Waals surface area contributed by atoms with Crippen molar-refractivity contribution in [3.8, 4) is 0 Å². The summed E-state index contributed by atoms with van der Waals surface area (Å²) in [6.07, 6.45) is 2.46. The molecule has 2 heteroatoms. The molecule has 0 aliphatic carbocycles. The molecule has 5 aromatic carbocycles. The fourth-order valence-corrected chi connectivity index (χ4v) is 11.4. The molecule has 0 aliphatic heterocycles. The summed E-state index contributed by atoms with van der Waals surface area (Å²) < 4.78 is 2.90. The number of fused-ring (bicyclic) bond motifs is 1. The topological polar surface area (TPSA) is 0 Å². The molecule has 0 fully saturated rings. The summed E-state index contributed by atoms with van der Waals surface area (Å²) in [6.45, 7) is 7.44.